The lowest BCUT2D eigenvalue weighted by molar-refractivity contribution is 0.326. The molecule has 0 unspecified atom stereocenters. The Labute approximate surface area is 101 Å². The first-order valence-corrected chi connectivity index (χ1v) is 6.82. The summed E-state index contributed by atoms with van der Waals surface area (Å²) in [6.07, 6.45) is 1.36. The molecule has 7 nitrogen and oxygen atoms in total. The molecule has 1 rings (SSSR count). The van der Waals surface area contributed by atoms with Crippen LogP contribution in [0, 0.1) is 0 Å². The molecule has 1 aromatic heterocycles. The maximum absolute atomic E-state index is 11.2. The molecule has 0 amide bonds. The Morgan fingerprint density at radius 2 is 2.18 bits per heavy atom. The Morgan fingerprint density at radius 1 is 1.41 bits per heavy atom. The maximum atomic E-state index is 11.2. The summed E-state index contributed by atoms with van der Waals surface area (Å²) in [5.74, 6) is 0.980. The number of anilines is 1. The molecule has 0 radical (unpaired) electrons. The molecule has 1 aromatic rings. The van der Waals surface area contributed by atoms with Crippen molar-refractivity contribution < 1.29 is 13.2 Å². The first-order valence-electron chi connectivity index (χ1n) is 5.17. The molecule has 0 fully saturated rings. The van der Waals surface area contributed by atoms with Crippen molar-refractivity contribution in [2.24, 2.45) is 0 Å². The molecule has 0 saturated heterocycles. The average molecular weight is 260 g/mol. The zero-order valence-electron chi connectivity index (χ0n) is 9.80. The molecule has 0 aliphatic carbocycles. The van der Waals surface area contributed by atoms with Gasteiger partial charge in [-0.1, -0.05) is 0 Å². The van der Waals surface area contributed by atoms with Gasteiger partial charge in [0.1, 0.15) is 12.1 Å². The predicted molar refractivity (Wildman–Crippen MR) is 64.5 cm³/mol. The summed E-state index contributed by atoms with van der Waals surface area (Å²) >= 11 is 0. The Bertz CT molecular complexity index is 449. The van der Waals surface area contributed by atoms with Gasteiger partial charge in [-0.3, -0.25) is 0 Å². The molecule has 17 heavy (non-hydrogen) atoms. The van der Waals surface area contributed by atoms with Crippen molar-refractivity contribution >= 4 is 15.8 Å². The minimum atomic E-state index is -3.20. The van der Waals surface area contributed by atoms with Gasteiger partial charge in [0.2, 0.25) is 15.9 Å². The van der Waals surface area contributed by atoms with Crippen LogP contribution in [0.25, 0.3) is 0 Å². The van der Waals surface area contributed by atoms with E-state index in [-0.39, 0.29) is 12.3 Å². The van der Waals surface area contributed by atoms with Gasteiger partial charge < -0.3 is 10.1 Å². The largest absolute Gasteiger partial charge is 0.478 e. The van der Waals surface area contributed by atoms with Gasteiger partial charge in [0.15, 0.2) is 0 Å². The fourth-order valence-corrected chi connectivity index (χ4v) is 1.65. The fourth-order valence-electron chi connectivity index (χ4n) is 1.08. The van der Waals surface area contributed by atoms with Gasteiger partial charge in [0.05, 0.1) is 12.4 Å². The zero-order valence-corrected chi connectivity index (χ0v) is 10.6. The van der Waals surface area contributed by atoms with Crippen LogP contribution in [0.3, 0.4) is 0 Å². The van der Waals surface area contributed by atoms with Crippen LogP contribution in [0.5, 0.6) is 5.88 Å². The van der Waals surface area contributed by atoms with Crippen LogP contribution in [0.15, 0.2) is 12.4 Å². The van der Waals surface area contributed by atoms with Crippen LogP contribution in [0.2, 0.25) is 0 Å². The summed E-state index contributed by atoms with van der Waals surface area (Å²) in [7, 11) is -1.81. The van der Waals surface area contributed by atoms with E-state index in [0.29, 0.717) is 18.3 Å². The summed E-state index contributed by atoms with van der Waals surface area (Å²) in [6.45, 7) is 2.64. The van der Waals surface area contributed by atoms with Crippen LogP contribution in [-0.2, 0) is 10.0 Å². The van der Waals surface area contributed by atoms with Gasteiger partial charge in [0, 0.05) is 12.6 Å². The second-order valence-corrected chi connectivity index (χ2v) is 5.17. The van der Waals surface area contributed by atoms with Crippen LogP contribution >= 0.6 is 0 Å². The highest BCUT2D eigenvalue weighted by molar-refractivity contribution is 7.89. The van der Waals surface area contributed by atoms with E-state index in [4.69, 9.17) is 4.74 Å². The molecule has 0 aliphatic heterocycles. The second-order valence-electron chi connectivity index (χ2n) is 3.12. The van der Waals surface area contributed by atoms with Crippen LogP contribution in [0.4, 0.5) is 5.82 Å². The Morgan fingerprint density at radius 3 is 2.82 bits per heavy atom. The highest BCUT2D eigenvalue weighted by Crippen LogP contribution is 2.10. The summed E-state index contributed by atoms with van der Waals surface area (Å²) in [5, 5.41) is 2.88. The molecule has 96 valence electrons. The van der Waals surface area contributed by atoms with Crippen molar-refractivity contribution in [1.29, 1.82) is 0 Å². The zero-order chi connectivity index (χ0) is 12.7. The average Bonchev–Trinajstić information content (AvgIpc) is 2.30. The summed E-state index contributed by atoms with van der Waals surface area (Å²) < 4.78 is 29.7. The molecule has 1 heterocycles. The van der Waals surface area contributed by atoms with Gasteiger partial charge in [0.25, 0.3) is 0 Å². The van der Waals surface area contributed by atoms with Crippen molar-refractivity contribution in [3.8, 4) is 5.88 Å². The molecule has 0 spiro atoms. The molecule has 2 N–H and O–H groups in total. The standard InChI is InChI=1S/C9H16N4O3S/c1-3-16-9-6-8(12-7-13-9)11-4-5-17(14,15)10-2/h6-7,10H,3-5H2,1-2H3,(H,11,12,13). The van der Waals surface area contributed by atoms with E-state index in [1.54, 1.807) is 6.07 Å². The van der Waals surface area contributed by atoms with Gasteiger partial charge in [-0.25, -0.2) is 23.1 Å². The second kappa shape index (κ2) is 6.36. The number of ether oxygens (including phenoxy) is 1. The molecule has 0 aromatic carbocycles. The lowest BCUT2D eigenvalue weighted by Crippen LogP contribution is -2.26. The van der Waals surface area contributed by atoms with E-state index in [2.05, 4.69) is 20.0 Å². The SMILES string of the molecule is CCOc1cc(NCCS(=O)(=O)NC)ncn1. The number of aromatic nitrogens is 2. The third-order valence-electron chi connectivity index (χ3n) is 1.92. The topological polar surface area (TPSA) is 93.2 Å². The third kappa shape index (κ3) is 4.96. The third-order valence-corrected chi connectivity index (χ3v) is 3.29. The number of rotatable bonds is 7. The summed E-state index contributed by atoms with van der Waals surface area (Å²) in [6, 6.07) is 1.62. The van der Waals surface area contributed by atoms with E-state index < -0.39 is 10.0 Å². The minimum Gasteiger partial charge on any atom is -0.478 e. The van der Waals surface area contributed by atoms with E-state index in [1.165, 1.54) is 13.4 Å². The summed E-state index contributed by atoms with van der Waals surface area (Å²) in [5.41, 5.74) is 0. The normalized spacial score (nSPS) is 11.2. The van der Waals surface area contributed by atoms with Crippen molar-refractivity contribution in [3.63, 3.8) is 0 Å². The monoisotopic (exact) mass is 260 g/mol. The molecule has 0 saturated carbocycles. The van der Waals surface area contributed by atoms with Crippen LogP contribution in [-0.4, -0.2) is 44.3 Å². The van der Waals surface area contributed by atoms with Crippen LogP contribution in [0.1, 0.15) is 6.92 Å². The number of sulfonamides is 1. The smallest absolute Gasteiger partial charge is 0.218 e. The lowest BCUT2D eigenvalue weighted by atomic mass is 10.5. The highest BCUT2D eigenvalue weighted by atomic mass is 32.2. The number of hydrogen-bond acceptors (Lipinski definition) is 6. The first kappa shape index (κ1) is 13.7. The number of hydrogen-bond donors (Lipinski definition) is 2. The van der Waals surface area contributed by atoms with Gasteiger partial charge in [-0.15, -0.1) is 0 Å². The quantitative estimate of drug-likeness (QED) is 0.707. The molecule has 8 heteroatoms. The first-order chi connectivity index (χ1) is 8.07. The number of nitrogens with one attached hydrogen (secondary N) is 2. The van der Waals surface area contributed by atoms with Gasteiger partial charge in [-0.2, -0.15) is 0 Å². The lowest BCUT2D eigenvalue weighted by Gasteiger charge is -2.07. The summed E-state index contributed by atoms with van der Waals surface area (Å²) in [4.78, 5) is 7.85. The van der Waals surface area contributed by atoms with E-state index in [1.807, 2.05) is 6.92 Å². The van der Waals surface area contributed by atoms with Gasteiger partial charge >= 0.3 is 0 Å². The van der Waals surface area contributed by atoms with Gasteiger partial charge in [-0.05, 0) is 14.0 Å². The predicted octanol–water partition coefficient (Wildman–Crippen LogP) is -0.164. The van der Waals surface area contributed by atoms with Crippen molar-refractivity contribution in [1.82, 2.24) is 14.7 Å². The van der Waals surface area contributed by atoms with Crippen molar-refractivity contribution in [2.75, 3.05) is 31.3 Å². The molecule has 0 aliphatic rings. The Kier molecular flexibility index (Phi) is 5.11. The Hall–Kier alpha value is -1.41. The minimum absolute atomic E-state index is 0.0164. The number of nitrogens with zero attached hydrogens (tertiary/aromatic N) is 2. The van der Waals surface area contributed by atoms with E-state index in [9.17, 15) is 8.42 Å². The van der Waals surface area contributed by atoms with E-state index >= 15 is 0 Å². The van der Waals surface area contributed by atoms with E-state index in [0.717, 1.165) is 0 Å². The molecular weight excluding hydrogens is 244 g/mol. The molecule has 0 atom stereocenters. The van der Waals surface area contributed by atoms with Crippen molar-refractivity contribution in [3.05, 3.63) is 12.4 Å². The van der Waals surface area contributed by atoms with Crippen LogP contribution < -0.4 is 14.8 Å². The van der Waals surface area contributed by atoms with Crippen molar-refractivity contribution in [2.45, 2.75) is 6.92 Å². The Balaban J connectivity index is 2.49. The maximum Gasteiger partial charge on any atom is 0.218 e. The molecular formula is C9H16N4O3S. The highest BCUT2D eigenvalue weighted by Gasteiger charge is 2.06. The molecule has 0 bridgehead atoms. The fraction of sp³-hybridized carbons (Fsp3) is 0.556.